The molecule has 150 valence electrons. The summed E-state index contributed by atoms with van der Waals surface area (Å²) < 4.78 is 0. The number of quaternary nitrogens is 1. The van der Waals surface area contributed by atoms with Gasteiger partial charge in [-0.25, -0.2) is 0 Å². The maximum atomic E-state index is 12.5. The smallest absolute Gasteiger partial charge is 0.277 e. The van der Waals surface area contributed by atoms with Crippen LogP contribution in [0.4, 0.5) is 5.69 Å². The number of nitrogens with one attached hydrogen (secondary N) is 2. The summed E-state index contributed by atoms with van der Waals surface area (Å²) >= 11 is 12.1. The van der Waals surface area contributed by atoms with Gasteiger partial charge >= 0.3 is 0 Å². The molecular weight excluding hydrogens is 397 g/mol. The van der Waals surface area contributed by atoms with E-state index in [0.29, 0.717) is 16.6 Å². The van der Waals surface area contributed by atoms with Gasteiger partial charge in [-0.15, -0.1) is 0 Å². The Hall–Kier alpha value is -2.08. The lowest BCUT2D eigenvalue weighted by molar-refractivity contribution is -0.885. The number of carbonyl (C=O) groups is 2. The van der Waals surface area contributed by atoms with Crippen LogP contribution in [0, 0.1) is 13.8 Å². The van der Waals surface area contributed by atoms with Gasteiger partial charge in [0, 0.05) is 23.3 Å². The van der Waals surface area contributed by atoms with E-state index in [9.17, 15) is 9.59 Å². The monoisotopic (exact) mass is 422 g/mol. The lowest BCUT2D eigenvalue weighted by Gasteiger charge is -2.20. The molecule has 0 bridgehead atoms. The van der Waals surface area contributed by atoms with E-state index in [-0.39, 0.29) is 24.9 Å². The fourth-order valence-electron chi connectivity index (χ4n) is 2.81. The van der Waals surface area contributed by atoms with Crippen LogP contribution in [0.3, 0.4) is 0 Å². The van der Waals surface area contributed by atoms with Crippen molar-refractivity contribution >= 4 is 40.7 Å². The molecule has 0 fully saturated rings. The number of aryl methyl sites for hydroxylation is 2. The number of nitrogens with zero attached hydrogens (tertiary/aromatic N) is 1. The van der Waals surface area contributed by atoms with E-state index in [2.05, 4.69) is 5.32 Å². The lowest BCUT2D eigenvalue weighted by Crippen LogP contribution is -3.08. The Bertz CT molecular complexity index is 871. The fourth-order valence-corrected chi connectivity index (χ4v) is 3.28. The normalized spacial score (nSPS) is 11.8. The van der Waals surface area contributed by atoms with Crippen LogP contribution in [-0.2, 0) is 16.1 Å². The second kappa shape index (κ2) is 9.92. The van der Waals surface area contributed by atoms with Gasteiger partial charge in [0.25, 0.3) is 5.91 Å². The number of carbonyl (C=O) groups excluding carboxylic acids is 2. The van der Waals surface area contributed by atoms with Gasteiger partial charge < -0.3 is 15.1 Å². The standard InChI is InChI=1S/C21H25Cl2N3O2/c1-14-5-6-15(2)19(9-14)24-20(27)12-26(4)21(28)13-25(3)11-16-7-8-17(22)10-18(16)23/h5-10H,11-13H2,1-4H3,(H,24,27)/p+1. The molecule has 0 aliphatic heterocycles. The number of rotatable bonds is 7. The predicted octanol–water partition coefficient (Wildman–Crippen LogP) is 2.72. The number of anilines is 1. The van der Waals surface area contributed by atoms with Crippen molar-refractivity contribution in [1.29, 1.82) is 0 Å². The molecule has 0 saturated heterocycles. The highest BCUT2D eigenvalue weighted by molar-refractivity contribution is 6.35. The van der Waals surface area contributed by atoms with Crippen LogP contribution in [0.5, 0.6) is 0 Å². The van der Waals surface area contributed by atoms with E-state index in [0.717, 1.165) is 27.3 Å². The minimum atomic E-state index is -0.219. The minimum Gasteiger partial charge on any atom is -0.332 e. The topological polar surface area (TPSA) is 53.9 Å². The van der Waals surface area contributed by atoms with Gasteiger partial charge in [0.1, 0.15) is 6.54 Å². The predicted molar refractivity (Wildman–Crippen MR) is 114 cm³/mol. The molecule has 0 saturated carbocycles. The Labute approximate surface area is 176 Å². The molecule has 0 spiro atoms. The fraction of sp³-hybridized carbons (Fsp3) is 0.333. The third kappa shape index (κ3) is 6.51. The van der Waals surface area contributed by atoms with Gasteiger partial charge in [0.2, 0.25) is 5.91 Å². The molecular formula is C21H26Cl2N3O2+. The second-order valence-corrected chi connectivity index (χ2v) is 8.01. The Morgan fingerprint density at radius 2 is 1.82 bits per heavy atom. The minimum absolute atomic E-state index is 0.00119. The summed E-state index contributed by atoms with van der Waals surface area (Å²) in [5.74, 6) is -0.332. The molecule has 2 amide bonds. The Morgan fingerprint density at radius 1 is 1.11 bits per heavy atom. The van der Waals surface area contributed by atoms with Crippen molar-refractivity contribution in [2.24, 2.45) is 0 Å². The summed E-state index contributed by atoms with van der Waals surface area (Å²) in [6.45, 7) is 4.75. The molecule has 0 radical (unpaired) electrons. The van der Waals surface area contributed by atoms with Crippen molar-refractivity contribution in [3.05, 3.63) is 63.1 Å². The van der Waals surface area contributed by atoms with Crippen molar-refractivity contribution in [3.8, 4) is 0 Å². The highest BCUT2D eigenvalue weighted by Crippen LogP contribution is 2.20. The summed E-state index contributed by atoms with van der Waals surface area (Å²) in [5, 5.41) is 4.04. The van der Waals surface area contributed by atoms with Crippen molar-refractivity contribution in [1.82, 2.24) is 4.90 Å². The van der Waals surface area contributed by atoms with Gasteiger partial charge in [-0.05, 0) is 43.2 Å². The van der Waals surface area contributed by atoms with Crippen molar-refractivity contribution < 1.29 is 14.5 Å². The first-order valence-corrected chi connectivity index (χ1v) is 9.77. The molecule has 0 aliphatic carbocycles. The highest BCUT2D eigenvalue weighted by Gasteiger charge is 2.18. The summed E-state index contributed by atoms with van der Waals surface area (Å²) in [5.41, 5.74) is 3.74. The van der Waals surface area contributed by atoms with E-state index < -0.39 is 0 Å². The summed E-state index contributed by atoms with van der Waals surface area (Å²) in [7, 11) is 3.54. The van der Waals surface area contributed by atoms with Gasteiger partial charge in [-0.2, -0.15) is 0 Å². The van der Waals surface area contributed by atoms with Crippen LogP contribution in [-0.4, -0.2) is 43.9 Å². The molecule has 5 nitrogen and oxygen atoms in total. The first-order chi connectivity index (χ1) is 13.2. The third-order valence-corrected chi connectivity index (χ3v) is 5.02. The molecule has 2 aromatic rings. The molecule has 0 aliphatic rings. The van der Waals surface area contributed by atoms with E-state index in [1.807, 2.05) is 45.2 Å². The van der Waals surface area contributed by atoms with E-state index in [1.165, 1.54) is 4.90 Å². The SMILES string of the molecule is Cc1ccc(C)c(NC(=O)CN(C)C(=O)C[NH+](C)Cc2ccc(Cl)cc2Cl)c1. The molecule has 2 N–H and O–H groups in total. The number of halogens is 2. The molecule has 28 heavy (non-hydrogen) atoms. The third-order valence-electron chi connectivity index (χ3n) is 4.43. The van der Waals surface area contributed by atoms with Crippen LogP contribution in [0.1, 0.15) is 16.7 Å². The van der Waals surface area contributed by atoms with E-state index in [4.69, 9.17) is 23.2 Å². The summed E-state index contributed by atoms with van der Waals surface area (Å²) in [4.78, 5) is 27.2. The van der Waals surface area contributed by atoms with Gasteiger partial charge in [0.15, 0.2) is 6.54 Å². The van der Waals surface area contributed by atoms with Gasteiger partial charge in [-0.1, -0.05) is 41.4 Å². The van der Waals surface area contributed by atoms with Crippen molar-refractivity contribution in [2.45, 2.75) is 20.4 Å². The molecule has 1 unspecified atom stereocenters. The van der Waals surface area contributed by atoms with Gasteiger partial charge in [0.05, 0.1) is 18.6 Å². The maximum absolute atomic E-state index is 12.5. The molecule has 1 atom stereocenters. The average Bonchev–Trinajstić information content (AvgIpc) is 2.60. The Balaban J connectivity index is 1.87. The molecule has 2 aromatic carbocycles. The number of hydrogen-bond acceptors (Lipinski definition) is 2. The summed E-state index contributed by atoms with van der Waals surface area (Å²) in [6, 6.07) is 11.2. The Kier molecular flexibility index (Phi) is 7.87. The van der Waals surface area contributed by atoms with Crippen molar-refractivity contribution in [3.63, 3.8) is 0 Å². The van der Waals surface area contributed by atoms with Crippen LogP contribution < -0.4 is 10.2 Å². The van der Waals surface area contributed by atoms with Crippen LogP contribution in [0.15, 0.2) is 36.4 Å². The second-order valence-electron chi connectivity index (χ2n) is 7.16. The lowest BCUT2D eigenvalue weighted by atomic mass is 10.1. The van der Waals surface area contributed by atoms with Crippen LogP contribution in [0.25, 0.3) is 0 Å². The number of hydrogen-bond donors (Lipinski definition) is 2. The first kappa shape index (κ1) is 22.2. The highest BCUT2D eigenvalue weighted by atomic mass is 35.5. The quantitative estimate of drug-likeness (QED) is 0.720. The van der Waals surface area contributed by atoms with E-state index in [1.54, 1.807) is 19.2 Å². The first-order valence-electron chi connectivity index (χ1n) is 9.02. The number of benzene rings is 2. The van der Waals surface area contributed by atoms with Crippen molar-refractivity contribution in [2.75, 3.05) is 32.5 Å². The average molecular weight is 423 g/mol. The Morgan fingerprint density at radius 3 is 2.50 bits per heavy atom. The molecule has 0 heterocycles. The zero-order valence-corrected chi connectivity index (χ0v) is 18.1. The summed E-state index contributed by atoms with van der Waals surface area (Å²) in [6.07, 6.45) is 0. The zero-order chi connectivity index (χ0) is 20.8. The number of likely N-dealkylation sites (N-methyl/N-ethyl adjacent to an activating group) is 2. The molecule has 7 heteroatoms. The van der Waals surface area contributed by atoms with E-state index >= 15 is 0 Å². The van der Waals surface area contributed by atoms with Gasteiger partial charge in [-0.3, -0.25) is 9.59 Å². The molecule has 0 aromatic heterocycles. The maximum Gasteiger partial charge on any atom is 0.277 e. The van der Waals surface area contributed by atoms with Crippen LogP contribution in [0.2, 0.25) is 10.0 Å². The largest absolute Gasteiger partial charge is 0.332 e. The molecule has 2 rings (SSSR count). The van der Waals surface area contributed by atoms with Crippen LogP contribution >= 0.6 is 23.2 Å². The zero-order valence-electron chi connectivity index (χ0n) is 16.6. The number of amides is 2.